The Morgan fingerprint density at radius 1 is 0.820 bits per heavy atom. The minimum atomic E-state index is -1.24. The lowest BCUT2D eigenvalue weighted by Crippen LogP contribution is -2.61. The van der Waals surface area contributed by atoms with Crippen molar-refractivity contribution in [2.45, 2.75) is 96.9 Å². The Labute approximate surface area is 289 Å². The highest BCUT2D eigenvalue weighted by Gasteiger charge is 2.33. The number of nitrogens with zero attached hydrogens (tertiary/aromatic N) is 3. The number of nitrogens with one attached hydrogen (secondary N) is 3. The van der Waals surface area contributed by atoms with Crippen molar-refractivity contribution in [3.63, 3.8) is 0 Å². The van der Waals surface area contributed by atoms with Crippen LogP contribution in [0.1, 0.15) is 72.6 Å². The molecular weight excluding hydrogens is 664 g/mol. The van der Waals surface area contributed by atoms with Crippen molar-refractivity contribution in [3.05, 3.63) is 23.3 Å². The van der Waals surface area contributed by atoms with Crippen molar-refractivity contribution in [2.75, 3.05) is 32.8 Å². The fourth-order valence-electron chi connectivity index (χ4n) is 4.57. The highest BCUT2D eigenvalue weighted by Crippen LogP contribution is 2.11. The number of ether oxygens (including phenoxy) is 1. The third-order valence-electron chi connectivity index (χ3n) is 7.55. The summed E-state index contributed by atoms with van der Waals surface area (Å²) in [6.07, 6.45) is 1.87. The Morgan fingerprint density at radius 2 is 1.32 bits per heavy atom. The standard InChI is InChI=1S/C31H50N6O13/c1-19(11-15-50-31(46)25(32-21(3)39)10-7-12-35(47)22(4)40)16-27(42)36(48)13-5-8-23-29(44)34-24(30(45)33-23)9-6-14-37(49)28(43)17-20(2)26(41)18-38/h16-17,23-26,38,41,47-49H,5-15,18H2,1-4H3,(H,32,39)(H,33,45)(H,34,44). The third-order valence-corrected chi connectivity index (χ3v) is 7.55. The van der Waals surface area contributed by atoms with Crippen molar-refractivity contribution < 1.29 is 64.1 Å². The molecule has 0 bridgehead atoms. The zero-order chi connectivity index (χ0) is 38.0. The molecule has 1 aliphatic heterocycles. The predicted molar refractivity (Wildman–Crippen MR) is 172 cm³/mol. The lowest BCUT2D eigenvalue weighted by atomic mass is 10.0. The molecule has 0 aromatic rings. The van der Waals surface area contributed by atoms with Crippen LogP contribution in [-0.2, 0) is 38.3 Å². The van der Waals surface area contributed by atoms with Crippen molar-refractivity contribution in [3.8, 4) is 0 Å². The molecule has 50 heavy (non-hydrogen) atoms. The van der Waals surface area contributed by atoms with Gasteiger partial charge in [-0.15, -0.1) is 0 Å². The van der Waals surface area contributed by atoms with Gasteiger partial charge in [-0.25, -0.2) is 20.0 Å². The minimum absolute atomic E-state index is 0.0411. The molecule has 0 saturated carbocycles. The van der Waals surface area contributed by atoms with Crippen LogP contribution in [0.2, 0.25) is 0 Å². The molecule has 0 aliphatic carbocycles. The van der Waals surface area contributed by atoms with Crippen molar-refractivity contribution in [2.24, 2.45) is 0 Å². The van der Waals surface area contributed by atoms with E-state index in [0.29, 0.717) is 20.8 Å². The van der Waals surface area contributed by atoms with Gasteiger partial charge in [-0.3, -0.25) is 44.4 Å². The normalized spacial score (nSPS) is 17.5. The summed E-state index contributed by atoms with van der Waals surface area (Å²) in [7, 11) is 0. The Balaban J connectivity index is 2.45. The number of carbonyl (C=O) groups excluding carboxylic acids is 7. The number of rotatable bonds is 21. The van der Waals surface area contributed by atoms with E-state index in [2.05, 4.69) is 16.0 Å². The number of amides is 6. The molecule has 19 nitrogen and oxygen atoms in total. The molecule has 8 N–H and O–H groups in total. The molecular formula is C31H50N6O13. The largest absolute Gasteiger partial charge is 0.464 e. The monoisotopic (exact) mass is 714 g/mol. The molecule has 1 aliphatic rings. The molecule has 1 saturated heterocycles. The molecule has 0 radical (unpaired) electrons. The highest BCUT2D eigenvalue weighted by atomic mass is 16.5. The van der Waals surface area contributed by atoms with E-state index in [1.54, 1.807) is 6.92 Å². The van der Waals surface area contributed by atoms with Crippen LogP contribution in [0, 0.1) is 0 Å². The van der Waals surface area contributed by atoms with E-state index in [0.717, 1.165) is 12.2 Å². The minimum Gasteiger partial charge on any atom is -0.464 e. The van der Waals surface area contributed by atoms with E-state index < -0.39 is 72.2 Å². The topological polar surface area (TPSA) is 276 Å². The second-order valence-electron chi connectivity index (χ2n) is 11.9. The van der Waals surface area contributed by atoms with E-state index >= 15 is 0 Å². The summed E-state index contributed by atoms with van der Waals surface area (Å²) in [5.74, 6) is -4.30. The zero-order valence-electron chi connectivity index (χ0n) is 28.8. The molecule has 0 aromatic carbocycles. The van der Waals surface area contributed by atoms with E-state index in [1.165, 1.54) is 20.8 Å². The Bertz CT molecular complexity index is 1270. The summed E-state index contributed by atoms with van der Waals surface area (Å²) < 4.78 is 5.21. The number of piperazine rings is 1. The number of hydroxylamine groups is 6. The van der Waals surface area contributed by atoms with E-state index in [-0.39, 0.29) is 76.8 Å². The first-order valence-electron chi connectivity index (χ1n) is 16.1. The first kappa shape index (κ1) is 43.6. The third kappa shape index (κ3) is 16.3. The van der Waals surface area contributed by atoms with E-state index in [9.17, 15) is 54.3 Å². The average molecular weight is 715 g/mol. The van der Waals surface area contributed by atoms with Crippen molar-refractivity contribution >= 4 is 41.4 Å². The molecule has 19 heteroatoms. The van der Waals surface area contributed by atoms with Gasteiger partial charge in [0.25, 0.3) is 11.8 Å². The van der Waals surface area contributed by atoms with Gasteiger partial charge in [0, 0.05) is 52.1 Å². The maximum Gasteiger partial charge on any atom is 0.328 e. The van der Waals surface area contributed by atoms with Crippen molar-refractivity contribution in [1.29, 1.82) is 0 Å². The maximum absolute atomic E-state index is 12.5. The summed E-state index contributed by atoms with van der Waals surface area (Å²) >= 11 is 0. The van der Waals surface area contributed by atoms with Crippen LogP contribution in [0.25, 0.3) is 0 Å². The van der Waals surface area contributed by atoms with E-state index in [1.807, 2.05) is 0 Å². The van der Waals surface area contributed by atoms with Gasteiger partial charge in [0.1, 0.15) is 18.1 Å². The van der Waals surface area contributed by atoms with Crippen molar-refractivity contribution in [1.82, 2.24) is 31.1 Å². The first-order chi connectivity index (χ1) is 23.5. The highest BCUT2D eigenvalue weighted by molar-refractivity contribution is 5.97. The van der Waals surface area contributed by atoms with Gasteiger partial charge in [0.15, 0.2) is 0 Å². The predicted octanol–water partition coefficient (Wildman–Crippen LogP) is -1.33. The fourth-order valence-corrected chi connectivity index (χ4v) is 4.57. The molecule has 0 spiro atoms. The number of esters is 1. The van der Waals surface area contributed by atoms with Gasteiger partial charge in [-0.05, 0) is 57.9 Å². The van der Waals surface area contributed by atoms with Gasteiger partial charge in [-0.1, -0.05) is 5.57 Å². The van der Waals surface area contributed by atoms with Gasteiger partial charge in [0.2, 0.25) is 23.6 Å². The first-order valence-corrected chi connectivity index (χ1v) is 16.1. The van der Waals surface area contributed by atoms with Crippen LogP contribution in [0.4, 0.5) is 0 Å². The fraction of sp³-hybridized carbons (Fsp3) is 0.645. The number of hydrogen-bond donors (Lipinski definition) is 8. The van der Waals surface area contributed by atoms with Gasteiger partial charge < -0.3 is 30.9 Å². The van der Waals surface area contributed by atoms with Crippen LogP contribution in [0.15, 0.2) is 23.3 Å². The van der Waals surface area contributed by atoms with Gasteiger partial charge in [-0.2, -0.15) is 0 Å². The molecule has 282 valence electrons. The number of carbonyl (C=O) groups is 7. The number of hydrogen-bond acceptors (Lipinski definition) is 13. The molecule has 1 rings (SSSR count). The lowest BCUT2D eigenvalue weighted by Gasteiger charge is -2.30. The van der Waals surface area contributed by atoms with Gasteiger partial charge >= 0.3 is 5.97 Å². The number of aliphatic hydroxyl groups excluding tert-OH is 2. The summed E-state index contributed by atoms with van der Waals surface area (Å²) in [5, 5.41) is 56.9. The molecule has 4 atom stereocenters. The molecule has 0 aromatic heterocycles. The van der Waals surface area contributed by atoms with Crippen LogP contribution in [0.3, 0.4) is 0 Å². The summed E-state index contributed by atoms with van der Waals surface area (Å²) in [6.45, 7) is 4.33. The van der Waals surface area contributed by atoms with E-state index in [4.69, 9.17) is 9.84 Å². The second kappa shape index (κ2) is 22.3. The molecule has 4 unspecified atom stereocenters. The summed E-state index contributed by atoms with van der Waals surface area (Å²) in [6, 6.07) is -2.81. The molecule has 1 fully saturated rings. The van der Waals surface area contributed by atoms with Crippen LogP contribution < -0.4 is 16.0 Å². The smallest absolute Gasteiger partial charge is 0.328 e. The average Bonchev–Trinajstić information content (AvgIpc) is 3.04. The molecule has 6 amide bonds. The Hall–Kier alpha value is -4.43. The summed E-state index contributed by atoms with van der Waals surface area (Å²) in [4.78, 5) is 84.5. The Morgan fingerprint density at radius 3 is 1.80 bits per heavy atom. The Kier molecular flexibility index (Phi) is 19.5. The number of aliphatic hydroxyl groups is 2. The maximum atomic E-state index is 12.5. The second-order valence-corrected chi connectivity index (χ2v) is 11.9. The molecule has 1 heterocycles. The van der Waals surface area contributed by atoms with Crippen LogP contribution in [-0.4, -0.2) is 140 Å². The lowest BCUT2D eigenvalue weighted by molar-refractivity contribution is -0.163. The van der Waals surface area contributed by atoms with Crippen LogP contribution >= 0.6 is 0 Å². The van der Waals surface area contributed by atoms with Gasteiger partial charge in [0.05, 0.1) is 19.3 Å². The quantitative estimate of drug-likeness (QED) is 0.0297. The van der Waals surface area contributed by atoms with Crippen LogP contribution in [0.5, 0.6) is 0 Å². The zero-order valence-corrected chi connectivity index (χ0v) is 28.8. The summed E-state index contributed by atoms with van der Waals surface area (Å²) in [5.41, 5.74) is 0.631. The SMILES string of the molecule is CC(=O)NC(CCCN(O)C(C)=O)C(=O)OCCC(C)=CC(=O)N(O)CCCC1NC(=O)C(CCCN(O)C(=O)C=C(C)C(O)CO)NC1=O.